The highest BCUT2D eigenvalue weighted by molar-refractivity contribution is 6.30. The SMILES string of the molecule is CCC(CC)(CO)CN[C@H](C)c1cccc(Cl)c1. The Kier molecular flexibility index (Phi) is 6.13. The zero-order chi connectivity index (χ0) is 13.6. The highest BCUT2D eigenvalue weighted by atomic mass is 35.5. The Morgan fingerprint density at radius 2 is 2.00 bits per heavy atom. The summed E-state index contributed by atoms with van der Waals surface area (Å²) in [5, 5.41) is 13.8. The van der Waals surface area contributed by atoms with Crippen LogP contribution in [-0.2, 0) is 0 Å². The van der Waals surface area contributed by atoms with Crippen molar-refractivity contribution in [1.29, 1.82) is 0 Å². The molecule has 0 saturated carbocycles. The number of hydrogen-bond donors (Lipinski definition) is 2. The normalized spacial score (nSPS) is 13.6. The van der Waals surface area contributed by atoms with Gasteiger partial charge in [0.2, 0.25) is 0 Å². The molecule has 0 spiro atoms. The second kappa shape index (κ2) is 7.13. The van der Waals surface area contributed by atoms with Crippen molar-refractivity contribution in [1.82, 2.24) is 5.32 Å². The van der Waals surface area contributed by atoms with Crippen molar-refractivity contribution >= 4 is 11.6 Å². The Balaban J connectivity index is 2.62. The molecule has 0 aliphatic rings. The number of benzene rings is 1. The third-order valence-electron chi connectivity index (χ3n) is 3.97. The summed E-state index contributed by atoms with van der Waals surface area (Å²) in [6, 6.07) is 8.15. The molecule has 0 bridgehead atoms. The predicted octanol–water partition coefficient (Wildman–Crippen LogP) is 3.79. The van der Waals surface area contributed by atoms with Crippen molar-refractivity contribution in [3.8, 4) is 0 Å². The fourth-order valence-electron chi connectivity index (χ4n) is 2.04. The Bertz CT molecular complexity index is 355. The lowest BCUT2D eigenvalue weighted by molar-refractivity contribution is 0.110. The van der Waals surface area contributed by atoms with E-state index in [4.69, 9.17) is 11.6 Å². The zero-order valence-electron chi connectivity index (χ0n) is 11.5. The maximum Gasteiger partial charge on any atom is 0.0499 e. The first kappa shape index (κ1) is 15.5. The van der Waals surface area contributed by atoms with Crippen LogP contribution in [0.4, 0.5) is 0 Å². The Hall–Kier alpha value is -0.570. The van der Waals surface area contributed by atoms with Crippen molar-refractivity contribution in [3.63, 3.8) is 0 Å². The topological polar surface area (TPSA) is 32.3 Å². The highest BCUT2D eigenvalue weighted by Gasteiger charge is 2.25. The van der Waals surface area contributed by atoms with Gasteiger partial charge in [-0.2, -0.15) is 0 Å². The van der Waals surface area contributed by atoms with E-state index in [-0.39, 0.29) is 18.1 Å². The van der Waals surface area contributed by atoms with Gasteiger partial charge < -0.3 is 10.4 Å². The van der Waals surface area contributed by atoms with E-state index in [1.165, 1.54) is 5.56 Å². The van der Waals surface area contributed by atoms with Crippen LogP contribution >= 0.6 is 11.6 Å². The number of hydrogen-bond acceptors (Lipinski definition) is 2. The van der Waals surface area contributed by atoms with Gasteiger partial charge in [-0.15, -0.1) is 0 Å². The van der Waals surface area contributed by atoms with E-state index in [1.807, 2.05) is 18.2 Å². The van der Waals surface area contributed by atoms with Gasteiger partial charge in [0.05, 0.1) is 0 Å². The molecule has 1 atom stereocenters. The van der Waals surface area contributed by atoms with Gasteiger partial charge in [0, 0.05) is 29.6 Å². The molecule has 1 aromatic carbocycles. The fourth-order valence-corrected chi connectivity index (χ4v) is 2.24. The number of aliphatic hydroxyl groups is 1. The summed E-state index contributed by atoms with van der Waals surface area (Å²) in [6.45, 7) is 7.44. The van der Waals surface area contributed by atoms with E-state index < -0.39 is 0 Å². The lowest BCUT2D eigenvalue weighted by Gasteiger charge is -2.31. The smallest absolute Gasteiger partial charge is 0.0499 e. The van der Waals surface area contributed by atoms with Crippen molar-refractivity contribution in [2.75, 3.05) is 13.2 Å². The third-order valence-corrected chi connectivity index (χ3v) is 4.20. The van der Waals surface area contributed by atoms with E-state index in [0.717, 1.165) is 24.4 Å². The zero-order valence-corrected chi connectivity index (χ0v) is 12.3. The molecule has 2 N–H and O–H groups in total. The van der Waals surface area contributed by atoms with Crippen molar-refractivity contribution in [2.24, 2.45) is 5.41 Å². The summed E-state index contributed by atoms with van der Waals surface area (Å²) in [6.07, 6.45) is 1.96. The maximum absolute atomic E-state index is 9.54. The second-order valence-electron chi connectivity index (χ2n) is 5.02. The molecular weight excluding hydrogens is 246 g/mol. The molecule has 0 aliphatic heterocycles. The first-order valence-electron chi connectivity index (χ1n) is 6.66. The number of rotatable bonds is 7. The van der Waals surface area contributed by atoms with Crippen LogP contribution < -0.4 is 5.32 Å². The van der Waals surface area contributed by atoms with Crippen LogP contribution in [0, 0.1) is 5.41 Å². The van der Waals surface area contributed by atoms with Crippen LogP contribution in [0.2, 0.25) is 5.02 Å². The monoisotopic (exact) mass is 269 g/mol. The van der Waals surface area contributed by atoms with Crippen LogP contribution in [0.1, 0.15) is 45.2 Å². The summed E-state index contributed by atoms with van der Waals surface area (Å²) < 4.78 is 0. The summed E-state index contributed by atoms with van der Waals surface area (Å²) in [5.41, 5.74) is 1.17. The molecule has 0 amide bonds. The number of aliphatic hydroxyl groups excluding tert-OH is 1. The molecule has 102 valence electrons. The molecule has 0 aliphatic carbocycles. The average Bonchev–Trinajstić information content (AvgIpc) is 2.40. The highest BCUT2D eigenvalue weighted by Crippen LogP contribution is 2.26. The van der Waals surface area contributed by atoms with Gasteiger partial charge in [-0.25, -0.2) is 0 Å². The molecule has 0 radical (unpaired) electrons. The molecule has 0 aromatic heterocycles. The van der Waals surface area contributed by atoms with Crippen molar-refractivity contribution < 1.29 is 5.11 Å². The molecule has 3 heteroatoms. The van der Waals surface area contributed by atoms with Gasteiger partial charge in [-0.05, 0) is 37.5 Å². The quantitative estimate of drug-likeness (QED) is 0.789. The van der Waals surface area contributed by atoms with Gasteiger partial charge in [0.1, 0.15) is 0 Å². The third kappa shape index (κ3) is 3.98. The molecule has 0 unspecified atom stereocenters. The standard InChI is InChI=1S/C15H24ClNO/c1-4-15(5-2,11-18)10-17-12(3)13-7-6-8-14(16)9-13/h6-9,12,17-18H,4-5,10-11H2,1-3H3/t12-/m1/s1. The molecule has 18 heavy (non-hydrogen) atoms. The summed E-state index contributed by atoms with van der Waals surface area (Å²) >= 11 is 5.99. The molecule has 0 saturated heterocycles. The van der Waals surface area contributed by atoms with Gasteiger partial charge in [0.25, 0.3) is 0 Å². The predicted molar refractivity (Wildman–Crippen MR) is 78.0 cm³/mol. The van der Waals surface area contributed by atoms with Crippen molar-refractivity contribution in [3.05, 3.63) is 34.9 Å². The van der Waals surface area contributed by atoms with E-state index >= 15 is 0 Å². The van der Waals surface area contributed by atoms with Crippen molar-refractivity contribution in [2.45, 2.75) is 39.7 Å². The summed E-state index contributed by atoms with van der Waals surface area (Å²) in [7, 11) is 0. The van der Waals surface area contributed by atoms with Crippen LogP contribution in [0.15, 0.2) is 24.3 Å². The molecule has 2 nitrogen and oxygen atoms in total. The molecule has 1 rings (SSSR count). The second-order valence-corrected chi connectivity index (χ2v) is 5.46. The van der Waals surface area contributed by atoms with Crippen LogP contribution in [0.5, 0.6) is 0 Å². The molecule has 0 heterocycles. The van der Waals surface area contributed by atoms with Gasteiger partial charge >= 0.3 is 0 Å². The van der Waals surface area contributed by atoms with Gasteiger partial charge in [-0.1, -0.05) is 37.6 Å². The summed E-state index contributed by atoms with van der Waals surface area (Å²) in [4.78, 5) is 0. The van der Waals surface area contributed by atoms with Crippen LogP contribution in [0.25, 0.3) is 0 Å². The average molecular weight is 270 g/mol. The summed E-state index contributed by atoms with van der Waals surface area (Å²) in [5.74, 6) is 0. The Morgan fingerprint density at radius 1 is 1.33 bits per heavy atom. The largest absolute Gasteiger partial charge is 0.396 e. The first-order chi connectivity index (χ1) is 8.56. The van der Waals surface area contributed by atoms with Crippen LogP contribution in [-0.4, -0.2) is 18.3 Å². The van der Waals surface area contributed by atoms with E-state index in [0.29, 0.717) is 0 Å². The lowest BCUT2D eigenvalue weighted by atomic mass is 9.83. The number of halogens is 1. The molecule has 1 aromatic rings. The Morgan fingerprint density at radius 3 is 2.50 bits per heavy atom. The minimum Gasteiger partial charge on any atom is -0.396 e. The van der Waals surface area contributed by atoms with E-state index in [1.54, 1.807) is 0 Å². The maximum atomic E-state index is 9.54. The fraction of sp³-hybridized carbons (Fsp3) is 0.600. The Labute approximate surface area is 115 Å². The van der Waals surface area contributed by atoms with E-state index in [2.05, 4.69) is 32.2 Å². The minimum absolute atomic E-state index is 0.00711. The van der Waals surface area contributed by atoms with E-state index in [9.17, 15) is 5.11 Å². The first-order valence-corrected chi connectivity index (χ1v) is 7.04. The van der Waals surface area contributed by atoms with Crippen LogP contribution in [0.3, 0.4) is 0 Å². The molecule has 0 fully saturated rings. The number of nitrogens with one attached hydrogen (secondary N) is 1. The van der Waals surface area contributed by atoms with Gasteiger partial charge in [-0.3, -0.25) is 0 Å². The lowest BCUT2D eigenvalue weighted by Crippen LogP contribution is -2.37. The minimum atomic E-state index is -0.00711. The molecular formula is C15H24ClNO. The van der Waals surface area contributed by atoms with Gasteiger partial charge in [0.15, 0.2) is 0 Å².